The molecule has 0 fully saturated rings. The average molecular weight is 82.1 g/mol. The molecule has 0 rings (SSSR count). The molecule has 0 aliphatic carbocycles. The Morgan fingerprint density at radius 3 is 2.83 bits per heavy atom. The lowest BCUT2D eigenvalue weighted by atomic mass is 10.8. The second kappa shape index (κ2) is 4.03. The standard InChI is InChI=1S/C4H4NO/c1-3-4-5-6-2/h4H,2H3/b5-4+. The highest BCUT2D eigenvalue weighted by atomic mass is 16.6. The van der Waals surface area contributed by atoms with Gasteiger partial charge in [0.25, 0.3) is 0 Å². The lowest BCUT2D eigenvalue weighted by molar-refractivity contribution is 0.216. The zero-order chi connectivity index (χ0) is 4.83. The molecule has 0 aromatic heterocycles. The van der Waals surface area contributed by atoms with Crippen LogP contribution in [0.15, 0.2) is 5.16 Å². The Morgan fingerprint density at radius 2 is 2.67 bits per heavy atom. The van der Waals surface area contributed by atoms with E-state index in [9.17, 15) is 0 Å². The third kappa shape index (κ3) is 3.03. The maximum Gasteiger partial charge on any atom is 0.117 e. The zero-order valence-electron chi connectivity index (χ0n) is 3.43. The van der Waals surface area contributed by atoms with Gasteiger partial charge in [0.2, 0.25) is 0 Å². The first-order chi connectivity index (χ1) is 2.91. The molecule has 1 radical (unpaired) electrons. The van der Waals surface area contributed by atoms with Crippen molar-refractivity contribution in [1.29, 1.82) is 0 Å². The maximum atomic E-state index is 6.23. The summed E-state index contributed by atoms with van der Waals surface area (Å²) >= 11 is 0. The van der Waals surface area contributed by atoms with Crippen LogP contribution in [-0.2, 0) is 4.84 Å². The van der Waals surface area contributed by atoms with Crippen LogP contribution in [0.5, 0.6) is 0 Å². The molecule has 0 spiro atoms. The summed E-state index contributed by atoms with van der Waals surface area (Å²) in [4.78, 5) is 4.17. The molecule has 31 valence electrons. The van der Waals surface area contributed by atoms with Gasteiger partial charge in [0.15, 0.2) is 0 Å². The number of nitrogens with zero attached hydrogens (tertiary/aromatic N) is 1. The van der Waals surface area contributed by atoms with Gasteiger partial charge in [0.1, 0.15) is 13.3 Å². The molecule has 0 saturated heterocycles. The molecule has 0 saturated carbocycles. The van der Waals surface area contributed by atoms with E-state index in [-0.39, 0.29) is 0 Å². The van der Waals surface area contributed by atoms with Crippen molar-refractivity contribution < 1.29 is 4.84 Å². The first kappa shape index (κ1) is 5.03. The fourth-order valence-electron chi connectivity index (χ4n) is 0.0791. The number of rotatable bonds is 1. The monoisotopic (exact) mass is 82.0 g/mol. The first-order valence-corrected chi connectivity index (χ1v) is 1.39. The Hall–Kier alpha value is -0.970. The summed E-state index contributed by atoms with van der Waals surface area (Å²) in [5.41, 5.74) is 0. The minimum absolute atomic E-state index is 1.12. The van der Waals surface area contributed by atoms with Crippen molar-refractivity contribution >= 4 is 6.21 Å². The highest BCUT2D eigenvalue weighted by Crippen LogP contribution is 1.57. The van der Waals surface area contributed by atoms with E-state index in [0.717, 1.165) is 6.21 Å². The van der Waals surface area contributed by atoms with Crippen LogP contribution in [0.2, 0.25) is 0 Å². The second-order valence-corrected chi connectivity index (χ2v) is 0.561. The van der Waals surface area contributed by atoms with Crippen LogP contribution in [-0.4, -0.2) is 13.3 Å². The van der Waals surface area contributed by atoms with Gasteiger partial charge in [-0.05, 0) is 12.3 Å². The smallest absolute Gasteiger partial charge is 0.117 e. The first-order valence-electron chi connectivity index (χ1n) is 1.39. The van der Waals surface area contributed by atoms with Gasteiger partial charge in [-0.3, -0.25) is 0 Å². The van der Waals surface area contributed by atoms with E-state index in [1.54, 1.807) is 0 Å². The fourth-order valence-corrected chi connectivity index (χ4v) is 0.0791. The van der Waals surface area contributed by atoms with E-state index in [2.05, 4.69) is 9.99 Å². The molecule has 0 aliphatic rings. The SMILES string of the molecule is [C]#C/C=N/OC. The van der Waals surface area contributed by atoms with Crippen molar-refractivity contribution in [2.24, 2.45) is 5.16 Å². The van der Waals surface area contributed by atoms with Gasteiger partial charge in [-0.1, -0.05) is 5.16 Å². The average Bonchev–Trinajstić information content (AvgIpc) is 1.61. The Kier molecular flexibility index (Phi) is 3.38. The Morgan fingerprint density at radius 1 is 2.00 bits per heavy atom. The minimum Gasteiger partial charge on any atom is -0.399 e. The Labute approximate surface area is 36.8 Å². The van der Waals surface area contributed by atoms with Crippen molar-refractivity contribution in [2.45, 2.75) is 0 Å². The third-order valence-electron chi connectivity index (χ3n) is 0.223. The summed E-state index contributed by atoms with van der Waals surface area (Å²) in [6, 6.07) is 0. The molecular weight excluding hydrogens is 78.0 g/mol. The van der Waals surface area contributed by atoms with E-state index in [4.69, 9.17) is 6.42 Å². The van der Waals surface area contributed by atoms with Crippen LogP contribution in [0.4, 0.5) is 0 Å². The fraction of sp³-hybridized carbons (Fsp3) is 0.250. The number of hydrogen-bond acceptors (Lipinski definition) is 2. The normalized spacial score (nSPS) is 8.00. The van der Waals surface area contributed by atoms with Crippen LogP contribution in [0, 0.1) is 12.3 Å². The summed E-state index contributed by atoms with van der Waals surface area (Å²) in [5.74, 6) is 1.90. The number of oxime groups is 1. The minimum atomic E-state index is 1.12. The van der Waals surface area contributed by atoms with E-state index in [0.29, 0.717) is 0 Å². The molecule has 0 unspecified atom stereocenters. The molecule has 0 bridgehead atoms. The van der Waals surface area contributed by atoms with E-state index >= 15 is 0 Å². The zero-order valence-corrected chi connectivity index (χ0v) is 3.43. The quantitative estimate of drug-likeness (QED) is 0.252. The second-order valence-electron chi connectivity index (χ2n) is 0.561. The third-order valence-corrected chi connectivity index (χ3v) is 0.223. The molecule has 0 N–H and O–H groups in total. The predicted octanol–water partition coefficient (Wildman–Crippen LogP) is 0.208. The van der Waals surface area contributed by atoms with Gasteiger partial charge in [-0.2, -0.15) is 0 Å². The van der Waals surface area contributed by atoms with Crippen molar-refractivity contribution in [2.75, 3.05) is 7.11 Å². The molecule has 0 amide bonds. The van der Waals surface area contributed by atoms with Crippen LogP contribution in [0.3, 0.4) is 0 Å². The Balaban J connectivity index is 3.02. The van der Waals surface area contributed by atoms with Crippen LogP contribution in [0.25, 0.3) is 0 Å². The summed E-state index contributed by atoms with van der Waals surface area (Å²) < 4.78 is 0. The molecule has 0 heterocycles. The summed E-state index contributed by atoms with van der Waals surface area (Å²) in [5, 5.41) is 3.17. The van der Waals surface area contributed by atoms with Crippen LogP contribution >= 0.6 is 0 Å². The molecule has 2 heteroatoms. The van der Waals surface area contributed by atoms with Gasteiger partial charge in [0, 0.05) is 0 Å². The van der Waals surface area contributed by atoms with Gasteiger partial charge in [-0.15, -0.1) is 0 Å². The van der Waals surface area contributed by atoms with Crippen molar-refractivity contribution in [1.82, 2.24) is 0 Å². The molecule has 0 aromatic rings. The molecule has 0 aromatic carbocycles. The molecule has 6 heavy (non-hydrogen) atoms. The van der Waals surface area contributed by atoms with Crippen LogP contribution in [0.1, 0.15) is 0 Å². The Bertz CT molecular complexity index is 80.0. The van der Waals surface area contributed by atoms with Crippen molar-refractivity contribution in [3.63, 3.8) is 0 Å². The van der Waals surface area contributed by atoms with E-state index in [1.807, 2.05) is 5.92 Å². The van der Waals surface area contributed by atoms with E-state index < -0.39 is 0 Å². The van der Waals surface area contributed by atoms with E-state index in [1.165, 1.54) is 7.11 Å². The van der Waals surface area contributed by atoms with Crippen molar-refractivity contribution in [3.05, 3.63) is 6.42 Å². The highest BCUT2D eigenvalue weighted by Gasteiger charge is 1.52. The van der Waals surface area contributed by atoms with Crippen LogP contribution < -0.4 is 0 Å². The topological polar surface area (TPSA) is 21.6 Å². The largest absolute Gasteiger partial charge is 0.399 e. The molecule has 2 nitrogen and oxygen atoms in total. The summed E-state index contributed by atoms with van der Waals surface area (Å²) in [7, 11) is 1.41. The van der Waals surface area contributed by atoms with Gasteiger partial charge < -0.3 is 4.84 Å². The summed E-state index contributed by atoms with van der Waals surface area (Å²) in [6.07, 6.45) is 7.35. The molecule has 0 aliphatic heterocycles. The predicted molar refractivity (Wildman–Crippen MR) is 22.6 cm³/mol. The lowest BCUT2D eigenvalue weighted by Crippen LogP contribution is -1.65. The maximum absolute atomic E-state index is 6.23. The lowest BCUT2D eigenvalue weighted by Gasteiger charge is -1.74. The van der Waals surface area contributed by atoms with Crippen molar-refractivity contribution in [3.8, 4) is 5.92 Å². The van der Waals surface area contributed by atoms with Gasteiger partial charge >= 0.3 is 0 Å². The highest BCUT2D eigenvalue weighted by molar-refractivity contribution is 5.75. The molecular formula is C4H4NO. The summed E-state index contributed by atoms with van der Waals surface area (Å²) in [6.45, 7) is 0. The van der Waals surface area contributed by atoms with Gasteiger partial charge in [-0.25, -0.2) is 0 Å². The number of hydrogen-bond donors (Lipinski definition) is 0. The molecule has 0 atom stereocenters. The van der Waals surface area contributed by atoms with Gasteiger partial charge in [0.05, 0.1) is 0 Å².